The number of hydrogen-bond donors (Lipinski definition) is 3. The van der Waals surface area contributed by atoms with Crippen LogP contribution < -0.4 is 4.74 Å². The summed E-state index contributed by atoms with van der Waals surface area (Å²) in [5, 5.41) is 27.3. The van der Waals surface area contributed by atoms with E-state index in [-0.39, 0.29) is 13.2 Å². The summed E-state index contributed by atoms with van der Waals surface area (Å²) in [6.45, 7) is 13.9. The van der Waals surface area contributed by atoms with Crippen LogP contribution in [0.15, 0.2) is 78.9 Å². The van der Waals surface area contributed by atoms with Gasteiger partial charge in [-0.2, -0.15) is 0 Å². The van der Waals surface area contributed by atoms with Gasteiger partial charge in [0.1, 0.15) is 11.5 Å². The third-order valence-electron chi connectivity index (χ3n) is 5.12. The summed E-state index contributed by atoms with van der Waals surface area (Å²) in [6, 6.07) is 24.9. The predicted molar refractivity (Wildman–Crippen MR) is 157 cm³/mol. The average Bonchev–Trinajstić information content (AvgIpc) is 2.79. The highest BCUT2D eigenvalue weighted by Gasteiger charge is 1.97. The van der Waals surface area contributed by atoms with E-state index in [0.717, 1.165) is 27.8 Å². The van der Waals surface area contributed by atoms with E-state index in [4.69, 9.17) is 20.1 Å². The van der Waals surface area contributed by atoms with Crippen molar-refractivity contribution in [2.24, 2.45) is 0 Å². The van der Waals surface area contributed by atoms with Gasteiger partial charge in [0.25, 0.3) is 0 Å². The minimum Gasteiger partial charge on any atom is -0.508 e. The van der Waals surface area contributed by atoms with Crippen molar-refractivity contribution in [1.82, 2.24) is 0 Å². The number of ether oxygens (including phenoxy) is 1. The van der Waals surface area contributed by atoms with Gasteiger partial charge >= 0.3 is 0 Å². The molecule has 0 bridgehead atoms. The Hall–Kier alpha value is -3.92. The third-order valence-corrected chi connectivity index (χ3v) is 5.12. The molecule has 0 aliphatic heterocycles. The Bertz CT molecular complexity index is 1140. The zero-order valence-corrected chi connectivity index (χ0v) is 22.8. The fraction of sp³-hybridized carbons (Fsp3) is 0.273. The molecule has 0 saturated heterocycles. The highest BCUT2D eigenvalue weighted by atomic mass is 16.5. The number of phenolic OH excluding ortho intramolecular Hbond substituents is 3. The van der Waals surface area contributed by atoms with Gasteiger partial charge in [0.2, 0.25) is 0 Å². The quantitative estimate of drug-likeness (QED) is 0.242. The molecule has 4 heteroatoms. The van der Waals surface area contributed by atoms with Crippen molar-refractivity contribution >= 4 is 0 Å². The maximum Gasteiger partial charge on any atom is 0.160 e. The van der Waals surface area contributed by atoms with E-state index in [9.17, 15) is 0 Å². The van der Waals surface area contributed by atoms with Crippen LogP contribution in [0, 0.1) is 48.5 Å². The maximum atomic E-state index is 9.17. The van der Waals surface area contributed by atoms with Gasteiger partial charge in [-0.3, -0.25) is 0 Å². The van der Waals surface area contributed by atoms with Gasteiger partial charge in [-0.25, -0.2) is 0 Å². The number of benzene rings is 4. The summed E-state index contributed by atoms with van der Waals surface area (Å²) in [4.78, 5) is 0. The predicted octanol–water partition coefficient (Wildman–Crippen LogP) is 8.67. The topological polar surface area (TPSA) is 69.9 Å². The lowest BCUT2D eigenvalue weighted by molar-refractivity contribution is 0.373. The smallest absolute Gasteiger partial charge is 0.160 e. The molecule has 0 amide bonds. The fourth-order valence-corrected chi connectivity index (χ4v) is 3.11. The van der Waals surface area contributed by atoms with E-state index in [1.54, 1.807) is 30.3 Å². The Balaban J connectivity index is 0.000000464. The van der Waals surface area contributed by atoms with E-state index >= 15 is 0 Å². The summed E-state index contributed by atoms with van der Waals surface area (Å²) in [5.74, 6) is 1.45. The Morgan fingerprint density at radius 2 is 0.865 bits per heavy atom. The first-order valence-electron chi connectivity index (χ1n) is 11.8. The lowest BCUT2D eigenvalue weighted by Gasteiger charge is -2.01. The van der Waals surface area contributed by atoms with E-state index in [2.05, 4.69) is 38.1 Å². The highest BCUT2D eigenvalue weighted by molar-refractivity contribution is 5.41. The molecule has 0 aromatic heterocycles. The van der Waals surface area contributed by atoms with Gasteiger partial charge in [0.15, 0.2) is 11.5 Å². The molecular formula is C33H44O4. The van der Waals surface area contributed by atoms with Crippen molar-refractivity contribution in [3.63, 3.8) is 0 Å². The van der Waals surface area contributed by atoms with Crippen molar-refractivity contribution in [1.29, 1.82) is 0 Å². The standard InChI is InChI=1S/C8H10O2.2C8H10O.C8H10.CH4/c1-6-3-4-8(10-2)7(9)5-6;1-6-3-7(2)5-8(9)4-6;1-6-3-4-7(2)8(9)5-6;1-7-3-5-8(2)6-4-7;/h3-5,9H,1-2H3;2*3-5,9H,1-2H3;3-6H,1-2H3;1H4. The monoisotopic (exact) mass is 504 g/mol. The Kier molecular flexibility index (Phi) is 14.9. The fourth-order valence-electron chi connectivity index (χ4n) is 3.11. The van der Waals surface area contributed by atoms with Crippen LogP contribution in [0.4, 0.5) is 0 Å². The second-order valence-corrected chi connectivity index (χ2v) is 8.97. The molecule has 200 valence electrons. The van der Waals surface area contributed by atoms with Crippen molar-refractivity contribution in [3.05, 3.63) is 118 Å². The molecule has 4 nitrogen and oxygen atoms in total. The largest absolute Gasteiger partial charge is 0.508 e. The molecule has 0 heterocycles. The summed E-state index contributed by atoms with van der Waals surface area (Å²) < 4.78 is 4.85. The third kappa shape index (κ3) is 13.7. The van der Waals surface area contributed by atoms with E-state index in [0.29, 0.717) is 17.2 Å². The van der Waals surface area contributed by atoms with E-state index in [1.165, 1.54) is 18.2 Å². The number of hydrogen-bond acceptors (Lipinski definition) is 4. The molecule has 0 saturated carbocycles. The highest BCUT2D eigenvalue weighted by Crippen LogP contribution is 2.25. The molecule has 0 fully saturated rings. The summed E-state index contributed by atoms with van der Waals surface area (Å²) >= 11 is 0. The Labute approximate surface area is 223 Å². The molecule has 3 N–H and O–H groups in total. The molecular weight excluding hydrogens is 460 g/mol. The van der Waals surface area contributed by atoms with Crippen LogP contribution in [0.3, 0.4) is 0 Å². The first-order valence-corrected chi connectivity index (χ1v) is 11.8. The van der Waals surface area contributed by atoms with Crippen LogP contribution in [-0.2, 0) is 0 Å². The van der Waals surface area contributed by atoms with Gasteiger partial charge < -0.3 is 20.1 Å². The van der Waals surface area contributed by atoms with Crippen molar-refractivity contribution in [3.8, 4) is 23.0 Å². The van der Waals surface area contributed by atoms with Crippen LogP contribution in [0.25, 0.3) is 0 Å². The molecule has 4 rings (SSSR count). The minimum atomic E-state index is 0. The molecule has 0 spiro atoms. The van der Waals surface area contributed by atoms with Crippen LogP contribution in [-0.4, -0.2) is 22.4 Å². The number of methoxy groups -OCH3 is 1. The molecule has 37 heavy (non-hydrogen) atoms. The van der Waals surface area contributed by atoms with Gasteiger partial charge in [-0.1, -0.05) is 67.1 Å². The normalized spacial score (nSPS) is 9.19. The van der Waals surface area contributed by atoms with Crippen LogP contribution in [0.2, 0.25) is 0 Å². The zero-order chi connectivity index (χ0) is 27.3. The summed E-state index contributed by atoms with van der Waals surface area (Å²) in [5.41, 5.74) is 7.92. The lowest BCUT2D eigenvalue weighted by atomic mass is 10.1. The SMILES string of the molecule is C.COc1ccc(C)cc1O.Cc1cc(C)cc(O)c1.Cc1ccc(C)c(O)c1.Cc1ccc(C)cc1. The van der Waals surface area contributed by atoms with Crippen LogP contribution >= 0.6 is 0 Å². The zero-order valence-electron chi connectivity index (χ0n) is 22.8. The number of aromatic hydroxyl groups is 3. The van der Waals surface area contributed by atoms with E-state index < -0.39 is 0 Å². The molecule has 0 aliphatic rings. The van der Waals surface area contributed by atoms with Crippen molar-refractivity contribution in [2.75, 3.05) is 7.11 Å². The van der Waals surface area contributed by atoms with Crippen molar-refractivity contribution < 1.29 is 20.1 Å². The number of phenols is 3. The second kappa shape index (κ2) is 16.7. The van der Waals surface area contributed by atoms with E-state index in [1.807, 2.05) is 58.9 Å². The average molecular weight is 505 g/mol. The molecule has 4 aromatic rings. The van der Waals surface area contributed by atoms with Gasteiger partial charge in [0, 0.05) is 0 Å². The summed E-state index contributed by atoms with van der Waals surface area (Å²) in [6.07, 6.45) is 0. The molecule has 0 aliphatic carbocycles. The lowest BCUT2D eigenvalue weighted by Crippen LogP contribution is -1.82. The molecule has 0 unspecified atom stereocenters. The number of aryl methyl sites for hydroxylation is 7. The Morgan fingerprint density at radius 1 is 0.459 bits per heavy atom. The molecule has 4 aromatic carbocycles. The van der Waals surface area contributed by atoms with Gasteiger partial charge in [0.05, 0.1) is 7.11 Å². The first kappa shape index (κ1) is 33.1. The first-order chi connectivity index (χ1) is 16.9. The van der Waals surface area contributed by atoms with Crippen molar-refractivity contribution in [2.45, 2.75) is 55.9 Å². The summed E-state index contributed by atoms with van der Waals surface area (Å²) in [7, 11) is 1.53. The molecule has 0 atom stereocenters. The number of rotatable bonds is 1. The van der Waals surface area contributed by atoms with Crippen LogP contribution in [0.5, 0.6) is 23.0 Å². The van der Waals surface area contributed by atoms with Gasteiger partial charge in [-0.15, -0.1) is 0 Å². The Morgan fingerprint density at radius 3 is 1.22 bits per heavy atom. The maximum absolute atomic E-state index is 9.17. The molecule has 0 radical (unpaired) electrons. The minimum absolute atomic E-state index is 0. The second-order valence-electron chi connectivity index (χ2n) is 8.97. The van der Waals surface area contributed by atoms with Crippen LogP contribution in [0.1, 0.15) is 46.4 Å². The van der Waals surface area contributed by atoms with Gasteiger partial charge in [-0.05, 0) is 107 Å².